The molecule has 0 saturated heterocycles. The van der Waals surface area contributed by atoms with E-state index in [-0.39, 0.29) is 0 Å². The van der Waals surface area contributed by atoms with Crippen molar-refractivity contribution in [2.45, 2.75) is 38.8 Å². The van der Waals surface area contributed by atoms with Crippen molar-refractivity contribution in [3.05, 3.63) is 65.0 Å². The molecule has 0 bridgehead atoms. The summed E-state index contributed by atoms with van der Waals surface area (Å²) >= 11 is 0. The Morgan fingerprint density at radius 3 is 2.68 bits per heavy atom. The van der Waals surface area contributed by atoms with Crippen molar-refractivity contribution in [2.75, 3.05) is 0 Å². The van der Waals surface area contributed by atoms with E-state index in [1.165, 1.54) is 24.0 Å². The molecule has 98 valence electrons. The highest BCUT2D eigenvalue weighted by atomic mass is 14.9. The smallest absolute Gasteiger partial charge is 0.0544 e. The second-order valence-electron chi connectivity index (χ2n) is 5.35. The second kappa shape index (κ2) is 5.54. The molecule has 1 fully saturated rings. The van der Waals surface area contributed by atoms with Crippen LogP contribution < -0.4 is 5.32 Å². The summed E-state index contributed by atoms with van der Waals surface area (Å²) in [5.74, 6) is 0.815. The fourth-order valence-corrected chi connectivity index (χ4v) is 2.51. The van der Waals surface area contributed by atoms with Crippen LogP contribution in [0.4, 0.5) is 0 Å². The van der Waals surface area contributed by atoms with Crippen LogP contribution in [0.2, 0.25) is 0 Å². The van der Waals surface area contributed by atoms with Gasteiger partial charge in [-0.25, -0.2) is 0 Å². The quantitative estimate of drug-likeness (QED) is 0.880. The van der Waals surface area contributed by atoms with Crippen LogP contribution in [-0.4, -0.2) is 4.98 Å². The third-order valence-corrected chi connectivity index (χ3v) is 3.64. The van der Waals surface area contributed by atoms with Gasteiger partial charge in [-0.05, 0) is 48.9 Å². The van der Waals surface area contributed by atoms with Gasteiger partial charge in [0.1, 0.15) is 0 Å². The molecule has 0 aliphatic heterocycles. The average Bonchev–Trinajstić information content (AvgIpc) is 3.24. The van der Waals surface area contributed by atoms with Crippen molar-refractivity contribution >= 4 is 0 Å². The van der Waals surface area contributed by atoms with Crippen LogP contribution in [-0.2, 0) is 13.1 Å². The van der Waals surface area contributed by atoms with Crippen molar-refractivity contribution in [2.24, 2.45) is 0 Å². The SMILES string of the molecule is Cc1cccc(CNCc2ccccc2C2CC2)n1. The van der Waals surface area contributed by atoms with Gasteiger partial charge in [-0.2, -0.15) is 0 Å². The van der Waals surface area contributed by atoms with Gasteiger partial charge in [-0.3, -0.25) is 4.98 Å². The van der Waals surface area contributed by atoms with Gasteiger partial charge in [0.15, 0.2) is 0 Å². The van der Waals surface area contributed by atoms with Gasteiger partial charge < -0.3 is 5.32 Å². The summed E-state index contributed by atoms with van der Waals surface area (Å²) < 4.78 is 0. The first-order valence-corrected chi connectivity index (χ1v) is 7.04. The van der Waals surface area contributed by atoms with E-state index in [9.17, 15) is 0 Å². The van der Waals surface area contributed by atoms with Crippen LogP contribution in [0.25, 0.3) is 0 Å². The molecule has 1 aromatic carbocycles. The number of aromatic nitrogens is 1. The lowest BCUT2D eigenvalue weighted by atomic mass is 10.0. The number of pyridine rings is 1. The van der Waals surface area contributed by atoms with E-state index in [0.717, 1.165) is 30.4 Å². The van der Waals surface area contributed by atoms with E-state index >= 15 is 0 Å². The Kier molecular flexibility index (Phi) is 3.60. The zero-order valence-electron chi connectivity index (χ0n) is 11.4. The minimum Gasteiger partial charge on any atom is -0.307 e. The fourth-order valence-electron chi connectivity index (χ4n) is 2.51. The molecule has 1 aliphatic carbocycles. The number of hydrogen-bond donors (Lipinski definition) is 1. The maximum Gasteiger partial charge on any atom is 0.0544 e. The largest absolute Gasteiger partial charge is 0.307 e. The number of benzene rings is 1. The minimum absolute atomic E-state index is 0.815. The maximum absolute atomic E-state index is 4.51. The highest BCUT2D eigenvalue weighted by molar-refractivity contribution is 5.33. The van der Waals surface area contributed by atoms with Crippen LogP contribution in [0, 0.1) is 6.92 Å². The van der Waals surface area contributed by atoms with Crippen molar-refractivity contribution in [3.8, 4) is 0 Å². The maximum atomic E-state index is 4.51. The molecular formula is C17H20N2. The van der Waals surface area contributed by atoms with Gasteiger partial charge >= 0.3 is 0 Å². The summed E-state index contributed by atoms with van der Waals surface area (Å²) in [6.07, 6.45) is 2.72. The summed E-state index contributed by atoms with van der Waals surface area (Å²) in [4.78, 5) is 4.51. The zero-order valence-corrected chi connectivity index (χ0v) is 11.4. The molecule has 2 heteroatoms. The molecule has 1 aromatic heterocycles. The molecule has 0 atom stereocenters. The van der Waals surface area contributed by atoms with Crippen molar-refractivity contribution in [3.63, 3.8) is 0 Å². The molecule has 1 saturated carbocycles. The molecule has 2 aromatic rings. The Labute approximate surface area is 114 Å². The first-order valence-electron chi connectivity index (χ1n) is 7.04. The van der Waals surface area contributed by atoms with Gasteiger partial charge in [-0.15, -0.1) is 0 Å². The highest BCUT2D eigenvalue weighted by Gasteiger charge is 2.25. The highest BCUT2D eigenvalue weighted by Crippen LogP contribution is 2.41. The van der Waals surface area contributed by atoms with Crippen molar-refractivity contribution < 1.29 is 0 Å². The van der Waals surface area contributed by atoms with E-state index in [1.807, 2.05) is 13.0 Å². The Morgan fingerprint density at radius 2 is 1.89 bits per heavy atom. The minimum atomic E-state index is 0.815. The first kappa shape index (κ1) is 12.4. The lowest BCUT2D eigenvalue weighted by Gasteiger charge is -2.10. The van der Waals surface area contributed by atoms with Gasteiger partial charge in [0.25, 0.3) is 0 Å². The molecule has 1 heterocycles. The molecule has 2 nitrogen and oxygen atoms in total. The normalized spacial score (nSPS) is 14.6. The van der Waals surface area contributed by atoms with Crippen LogP contribution >= 0.6 is 0 Å². The van der Waals surface area contributed by atoms with Crippen molar-refractivity contribution in [1.29, 1.82) is 0 Å². The third-order valence-electron chi connectivity index (χ3n) is 3.64. The van der Waals surface area contributed by atoms with E-state index in [1.54, 1.807) is 0 Å². The van der Waals surface area contributed by atoms with Gasteiger partial charge in [0.05, 0.1) is 5.69 Å². The van der Waals surface area contributed by atoms with Crippen LogP contribution in [0.1, 0.15) is 41.3 Å². The third kappa shape index (κ3) is 3.21. The standard InChI is InChI=1S/C17H20N2/c1-13-5-4-7-16(19-13)12-18-11-15-6-2-3-8-17(15)14-9-10-14/h2-8,14,18H,9-12H2,1H3. The second-order valence-corrected chi connectivity index (χ2v) is 5.35. The summed E-state index contributed by atoms with van der Waals surface area (Å²) in [6.45, 7) is 3.80. The Bertz CT molecular complexity index is 559. The van der Waals surface area contributed by atoms with Gasteiger partial charge in [0, 0.05) is 18.8 Å². The van der Waals surface area contributed by atoms with Crippen LogP contribution in [0.15, 0.2) is 42.5 Å². The topological polar surface area (TPSA) is 24.9 Å². The number of nitrogens with one attached hydrogen (secondary N) is 1. The molecule has 0 amide bonds. The van der Waals surface area contributed by atoms with E-state index in [4.69, 9.17) is 0 Å². The van der Waals surface area contributed by atoms with Gasteiger partial charge in [0.2, 0.25) is 0 Å². The Hall–Kier alpha value is -1.67. The lowest BCUT2D eigenvalue weighted by molar-refractivity contribution is 0.673. The predicted octanol–water partition coefficient (Wildman–Crippen LogP) is 3.56. The molecule has 19 heavy (non-hydrogen) atoms. The molecule has 1 N–H and O–H groups in total. The first-order chi connectivity index (χ1) is 9.33. The predicted molar refractivity (Wildman–Crippen MR) is 77.9 cm³/mol. The summed E-state index contributed by atoms with van der Waals surface area (Å²) in [6, 6.07) is 15.0. The zero-order chi connectivity index (χ0) is 13.1. The van der Waals surface area contributed by atoms with Gasteiger partial charge in [-0.1, -0.05) is 30.3 Å². The van der Waals surface area contributed by atoms with E-state index < -0.39 is 0 Å². The number of aryl methyl sites for hydroxylation is 1. The average molecular weight is 252 g/mol. The molecule has 0 unspecified atom stereocenters. The fraction of sp³-hybridized carbons (Fsp3) is 0.353. The van der Waals surface area contributed by atoms with Crippen LogP contribution in [0.3, 0.4) is 0 Å². The monoisotopic (exact) mass is 252 g/mol. The number of hydrogen-bond acceptors (Lipinski definition) is 2. The van der Waals surface area contributed by atoms with Crippen LogP contribution in [0.5, 0.6) is 0 Å². The number of rotatable bonds is 5. The molecule has 3 rings (SSSR count). The van der Waals surface area contributed by atoms with E-state index in [0.29, 0.717) is 0 Å². The molecular weight excluding hydrogens is 232 g/mol. The van der Waals surface area contributed by atoms with E-state index in [2.05, 4.69) is 46.7 Å². The Morgan fingerprint density at radius 1 is 1.05 bits per heavy atom. The summed E-state index contributed by atoms with van der Waals surface area (Å²) in [5.41, 5.74) is 5.17. The Balaban J connectivity index is 1.60. The molecule has 0 radical (unpaired) electrons. The molecule has 0 spiro atoms. The summed E-state index contributed by atoms with van der Waals surface area (Å²) in [7, 11) is 0. The molecule has 1 aliphatic rings. The summed E-state index contributed by atoms with van der Waals surface area (Å²) in [5, 5.41) is 3.51. The number of nitrogens with zero attached hydrogens (tertiary/aromatic N) is 1. The van der Waals surface area contributed by atoms with Crippen molar-refractivity contribution in [1.82, 2.24) is 10.3 Å². The lowest BCUT2D eigenvalue weighted by Crippen LogP contribution is -2.15.